The predicted molar refractivity (Wildman–Crippen MR) is 128 cm³/mol. The van der Waals surface area contributed by atoms with Crippen molar-refractivity contribution in [2.75, 3.05) is 33.2 Å². The van der Waals surface area contributed by atoms with Crippen LogP contribution in [-0.4, -0.2) is 49.7 Å². The number of ether oxygens (including phenoxy) is 1. The van der Waals surface area contributed by atoms with E-state index in [0.717, 1.165) is 30.6 Å². The lowest BCUT2D eigenvalue weighted by molar-refractivity contribution is 0.0694. The lowest BCUT2D eigenvalue weighted by Gasteiger charge is -2.38. The maximum absolute atomic E-state index is 6.14. The summed E-state index contributed by atoms with van der Waals surface area (Å²) in [4.78, 5) is 7.06. The molecule has 2 aliphatic rings. The molecular weight excluding hydrogens is 463 g/mol. The number of para-hydroxylation sites is 1. The summed E-state index contributed by atoms with van der Waals surface area (Å²) in [5, 5.41) is 7.21. The third kappa shape index (κ3) is 6.24. The molecule has 0 aliphatic carbocycles. The van der Waals surface area contributed by atoms with Crippen molar-refractivity contribution in [3.8, 4) is 5.75 Å². The normalized spacial score (nSPS) is 22.6. The van der Waals surface area contributed by atoms with Gasteiger partial charge in [-0.25, -0.2) is 0 Å². The first-order chi connectivity index (χ1) is 13.0. The summed E-state index contributed by atoms with van der Waals surface area (Å²) in [6.45, 7) is 11.3. The molecule has 1 fully saturated rings. The highest BCUT2D eigenvalue weighted by atomic mass is 127. The zero-order valence-corrected chi connectivity index (χ0v) is 20.2. The summed E-state index contributed by atoms with van der Waals surface area (Å²) in [6.07, 6.45) is 4.72. The second-order valence-corrected chi connectivity index (χ2v) is 8.54. The Labute approximate surface area is 187 Å². The SMILES string of the molecule is CCCN1CCC(CNC(=NC)NC2CC(C)(C)Oc3ccccc32)CC1.I. The van der Waals surface area contributed by atoms with Crippen LogP contribution >= 0.6 is 24.0 Å². The minimum atomic E-state index is -0.184. The van der Waals surface area contributed by atoms with E-state index in [1.807, 2.05) is 13.1 Å². The van der Waals surface area contributed by atoms with Crippen LogP contribution in [-0.2, 0) is 0 Å². The fourth-order valence-corrected chi connectivity index (χ4v) is 4.26. The van der Waals surface area contributed by atoms with Gasteiger partial charge in [-0.3, -0.25) is 4.99 Å². The summed E-state index contributed by atoms with van der Waals surface area (Å²) < 4.78 is 6.14. The van der Waals surface area contributed by atoms with Crippen molar-refractivity contribution in [3.63, 3.8) is 0 Å². The van der Waals surface area contributed by atoms with E-state index in [1.54, 1.807) is 0 Å². The summed E-state index contributed by atoms with van der Waals surface area (Å²) in [5.74, 6) is 2.60. The standard InChI is InChI=1S/C22H36N4O.HI/c1-5-12-26-13-10-17(11-14-26)16-24-21(23-4)25-19-15-22(2,3)27-20-9-7-6-8-18(19)20;/h6-9,17,19H,5,10-16H2,1-4H3,(H2,23,24,25);1H. The first-order valence-corrected chi connectivity index (χ1v) is 10.5. The van der Waals surface area contributed by atoms with Crippen molar-refractivity contribution in [2.24, 2.45) is 10.9 Å². The fraction of sp³-hybridized carbons (Fsp3) is 0.682. The molecule has 3 rings (SSSR count). The topological polar surface area (TPSA) is 48.9 Å². The number of aliphatic imine (C=N–C) groups is 1. The number of hydrogen-bond donors (Lipinski definition) is 2. The Bertz CT molecular complexity index is 641. The maximum Gasteiger partial charge on any atom is 0.191 e. The molecule has 2 heterocycles. The molecule has 28 heavy (non-hydrogen) atoms. The van der Waals surface area contributed by atoms with E-state index in [1.165, 1.54) is 44.5 Å². The predicted octanol–water partition coefficient (Wildman–Crippen LogP) is 4.19. The Balaban J connectivity index is 0.00000280. The van der Waals surface area contributed by atoms with Crippen LogP contribution in [0.15, 0.2) is 29.3 Å². The number of piperidine rings is 1. The van der Waals surface area contributed by atoms with E-state index in [9.17, 15) is 0 Å². The number of nitrogens with zero attached hydrogens (tertiary/aromatic N) is 2. The Morgan fingerprint density at radius 2 is 1.96 bits per heavy atom. The molecule has 2 N–H and O–H groups in total. The number of rotatable bonds is 5. The average molecular weight is 500 g/mol. The van der Waals surface area contributed by atoms with Gasteiger partial charge < -0.3 is 20.3 Å². The Kier molecular flexibility index (Phi) is 8.86. The average Bonchev–Trinajstić information content (AvgIpc) is 2.65. The van der Waals surface area contributed by atoms with E-state index >= 15 is 0 Å². The van der Waals surface area contributed by atoms with Crippen LogP contribution < -0.4 is 15.4 Å². The minimum Gasteiger partial charge on any atom is -0.487 e. The van der Waals surface area contributed by atoms with Gasteiger partial charge >= 0.3 is 0 Å². The first kappa shape index (κ1) is 23.3. The molecule has 1 aromatic rings. The molecule has 1 aromatic carbocycles. The molecule has 1 saturated heterocycles. The van der Waals surface area contributed by atoms with E-state index in [0.29, 0.717) is 0 Å². The molecule has 0 bridgehead atoms. The van der Waals surface area contributed by atoms with Crippen LogP contribution in [0.1, 0.15) is 58.1 Å². The van der Waals surface area contributed by atoms with Crippen molar-refractivity contribution in [2.45, 2.75) is 58.1 Å². The molecule has 2 aliphatic heterocycles. The van der Waals surface area contributed by atoms with Crippen LogP contribution in [0.3, 0.4) is 0 Å². The van der Waals surface area contributed by atoms with Crippen LogP contribution in [0.4, 0.5) is 0 Å². The molecule has 6 heteroatoms. The molecule has 0 saturated carbocycles. The van der Waals surface area contributed by atoms with E-state index in [-0.39, 0.29) is 35.6 Å². The molecule has 5 nitrogen and oxygen atoms in total. The van der Waals surface area contributed by atoms with Gasteiger partial charge in [0.15, 0.2) is 5.96 Å². The Hall–Kier alpha value is -1.02. The minimum absolute atomic E-state index is 0. The second-order valence-electron chi connectivity index (χ2n) is 8.54. The highest BCUT2D eigenvalue weighted by Crippen LogP contribution is 2.39. The lowest BCUT2D eigenvalue weighted by Crippen LogP contribution is -2.47. The van der Waals surface area contributed by atoms with Gasteiger partial charge in [0.2, 0.25) is 0 Å². The number of fused-ring (bicyclic) bond motifs is 1. The van der Waals surface area contributed by atoms with Gasteiger partial charge in [-0.05, 0) is 64.7 Å². The Morgan fingerprint density at radius 1 is 1.25 bits per heavy atom. The highest BCUT2D eigenvalue weighted by Gasteiger charge is 2.34. The zero-order valence-electron chi connectivity index (χ0n) is 17.8. The quantitative estimate of drug-likeness (QED) is 0.362. The number of halogens is 1. The molecule has 0 aromatic heterocycles. The molecular formula is C22H37IN4O. The summed E-state index contributed by atoms with van der Waals surface area (Å²) in [5.41, 5.74) is 1.03. The Morgan fingerprint density at radius 3 is 2.64 bits per heavy atom. The third-order valence-electron chi connectivity index (χ3n) is 5.72. The van der Waals surface area contributed by atoms with E-state index in [4.69, 9.17) is 4.74 Å². The van der Waals surface area contributed by atoms with Crippen LogP contribution in [0, 0.1) is 5.92 Å². The van der Waals surface area contributed by atoms with Gasteiger partial charge in [0, 0.05) is 25.6 Å². The lowest BCUT2D eigenvalue weighted by atomic mass is 9.90. The molecule has 158 valence electrons. The van der Waals surface area contributed by atoms with Crippen molar-refractivity contribution < 1.29 is 4.74 Å². The molecule has 1 unspecified atom stereocenters. The van der Waals surface area contributed by atoms with Crippen molar-refractivity contribution in [1.82, 2.24) is 15.5 Å². The van der Waals surface area contributed by atoms with E-state index < -0.39 is 0 Å². The summed E-state index contributed by atoms with van der Waals surface area (Å²) in [6, 6.07) is 8.54. The maximum atomic E-state index is 6.14. The number of benzene rings is 1. The monoisotopic (exact) mass is 500 g/mol. The van der Waals surface area contributed by atoms with Gasteiger partial charge in [0.25, 0.3) is 0 Å². The van der Waals surface area contributed by atoms with Gasteiger partial charge in [-0.1, -0.05) is 25.1 Å². The first-order valence-electron chi connectivity index (χ1n) is 10.5. The number of guanidine groups is 1. The van der Waals surface area contributed by atoms with Crippen molar-refractivity contribution in [3.05, 3.63) is 29.8 Å². The van der Waals surface area contributed by atoms with E-state index in [2.05, 4.69) is 59.5 Å². The van der Waals surface area contributed by atoms with Gasteiger partial charge in [-0.2, -0.15) is 0 Å². The molecule has 0 spiro atoms. The highest BCUT2D eigenvalue weighted by molar-refractivity contribution is 14.0. The molecule has 0 radical (unpaired) electrons. The largest absolute Gasteiger partial charge is 0.487 e. The van der Waals surface area contributed by atoms with Gasteiger partial charge in [0.05, 0.1) is 6.04 Å². The van der Waals surface area contributed by atoms with Crippen molar-refractivity contribution in [1.29, 1.82) is 0 Å². The summed E-state index contributed by atoms with van der Waals surface area (Å²) >= 11 is 0. The zero-order chi connectivity index (χ0) is 19.3. The van der Waals surface area contributed by atoms with Gasteiger partial charge in [-0.15, -0.1) is 24.0 Å². The van der Waals surface area contributed by atoms with Crippen LogP contribution in [0.2, 0.25) is 0 Å². The van der Waals surface area contributed by atoms with Crippen LogP contribution in [0.25, 0.3) is 0 Å². The van der Waals surface area contributed by atoms with Crippen molar-refractivity contribution >= 4 is 29.9 Å². The van der Waals surface area contributed by atoms with Crippen LogP contribution in [0.5, 0.6) is 5.75 Å². The smallest absolute Gasteiger partial charge is 0.191 e. The second kappa shape index (κ2) is 10.7. The molecule has 0 amide bonds. The summed E-state index contributed by atoms with van der Waals surface area (Å²) in [7, 11) is 1.86. The number of hydrogen-bond acceptors (Lipinski definition) is 3. The number of nitrogens with one attached hydrogen (secondary N) is 2. The number of likely N-dealkylation sites (tertiary alicyclic amines) is 1. The fourth-order valence-electron chi connectivity index (χ4n) is 4.26. The van der Waals surface area contributed by atoms with Gasteiger partial charge in [0.1, 0.15) is 11.4 Å². The molecule has 1 atom stereocenters. The third-order valence-corrected chi connectivity index (χ3v) is 5.72.